The first-order valence-electron chi connectivity index (χ1n) is 5.81. The minimum Gasteiger partial charge on any atom is -0.454 e. The molecule has 2 aromatic heterocycles. The number of rotatable bonds is 5. The van der Waals surface area contributed by atoms with E-state index in [2.05, 4.69) is 0 Å². The van der Waals surface area contributed by atoms with Crippen molar-refractivity contribution >= 4 is 40.8 Å². The molecule has 0 saturated carbocycles. The summed E-state index contributed by atoms with van der Waals surface area (Å²) < 4.78 is 7.28. The Kier molecular flexibility index (Phi) is 4.76. The summed E-state index contributed by atoms with van der Waals surface area (Å²) in [5.41, 5.74) is 0.873. The van der Waals surface area contributed by atoms with Crippen LogP contribution in [0.5, 0.6) is 0 Å². The van der Waals surface area contributed by atoms with Crippen molar-refractivity contribution in [2.24, 2.45) is 7.05 Å². The lowest BCUT2D eigenvalue weighted by molar-refractivity contribution is -0.136. The third kappa shape index (κ3) is 3.82. The fraction of sp³-hybridized carbons (Fsp3) is 0.143. The van der Waals surface area contributed by atoms with E-state index in [1.807, 2.05) is 29.9 Å². The summed E-state index contributed by atoms with van der Waals surface area (Å²) in [6.07, 6.45) is 4.80. The van der Waals surface area contributed by atoms with Crippen LogP contribution in [-0.2, 0) is 16.6 Å². The van der Waals surface area contributed by atoms with Crippen LogP contribution in [0.2, 0.25) is 4.34 Å². The number of esters is 1. The lowest BCUT2D eigenvalue weighted by atomic mass is 10.3. The largest absolute Gasteiger partial charge is 0.454 e. The lowest BCUT2D eigenvalue weighted by Gasteiger charge is -2.00. The number of thiophene rings is 1. The Morgan fingerprint density at radius 3 is 2.80 bits per heavy atom. The number of halogens is 1. The third-order valence-corrected chi connectivity index (χ3v) is 3.84. The Balaban J connectivity index is 1.85. The lowest BCUT2D eigenvalue weighted by Crippen LogP contribution is -2.11. The molecule has 0 unspecified atom stereocenters. The number of ether oxygens (including phenoxy) is 1. The van der Waals surface area contributed by atoms with Gasteiger partial charge in [0.15, 0.2) is 6.61 Å². The molecule has 0 aromatic carbocycles. The highest BCUT2D eigenvalue weighted by atomic mass is 35.5. The SMILES string of the molecule is Cn1cccc1/C=C/C(=O)OCC(=O)c1ccc(Cl)s1. The van der Waals surface area contributed by atoms with Gasteiger partial charge in [0.25, 0.3) is 0 Å². The molecule has 2 heterocycles. The molecule has 0 fully saturated rings. The van der Waals surface area contributed by atoms with Gasteiger partial charge in [0.2, 0.25) is 5.78 Å². The van der Waals surface area contributed by atoms with Crippen molar-refractivity contribution in [2.45, 2.75) is 0 Å². The normalized spacial score (nSPS) is 10.9. The molecule has 2 aromatic rings. The number of carbonyl (C=O) groups excluding carboxylic acids is 2. The summed E-state index contributed by atoms with van der Waals surface area (Å²) in [7, 11) is 1.87. The van der Waals surface area contributed by atoms with Gasteiger partial charge in [-0.05, 0) is 30.3 Å². The Morgan fingerprint density at radius 2 is 2.20 bits per heavy atom. The predicted octanol–water partition coefficient (Wildman–Crippen LogP) is 3.18. The second kappa shape index (κ2) is 6.54. The Bertz CT molecular complexity index is 657. The second-order valence-electron chi connectivity index (χ2n) is 4.01. The maximum Gasteiger partial charge on any atom is 0.331 e. The van der Waals surface area contributed by atoms with E-state index in [1.165, 1.54) is 6.08 Å². The first-order valence-corrected chi connectivity index (χ1v) is 7.00. The van der Waals surface area contributed by atoms with Gasteiger partial charge in [0, 0.05) is 25.0 Å². The van der Waals surface area contributed by atoms with Crippen LogP contribution in [-0.4, -0.2) is 22.9 Å². The number of carbonyl (C=O) groups is 2. The molecule has 0 bridgehead atoms. The highest BCUT2D eigenvalue weighted by Crippen LogP contribution is 2.21. The molecule has 20 heavy (non-hydrogen) atoms. The van der Waals surface area contributed by atoms with Crippen LogP contribution in [0.3, 0.4) is 0 Å². The summed E-state index contributed by atoms with van der Waals surface area (Å²) in [5, 5.41) is 0. The molecular weight excluding hydrogens is 298 g/mol. The number of hydrogen-bond acceptors (Lipinski definition) is 4. The van der Waals surface area contributed by atoms with Crippen LogP contribution < -0.4 is 0 Å². The fourth-order valence-electron chi connectivity index (χ4n) is 1.52. The summed E-state index contributed by atoms with van der Waals surface area (Å²) in [6.45, 7) is -0.285. The molecule has 0 aliphatic rings. The van der Waals surface area contributed by atoms with E-state index in [4.69, 9.17) is 16.3 Å². The van der Waals surface area contributed by atoms with E-state index in [9.17, 15) is 9.59 Å². The Hall–Kier alpha value is -1.85. The van der Waals surface area contributed by atoms with E-state index < -0.39 is 5.97 Å². The van der Waals surface area contributed by atoms with Crippen LogP contribution in [0.1, 0.15) is 15.4 Å². The number of aryl methyl sites for hydroxylation is 1. The van der Waals surface area contributed by atoms with Crippen LogP contribution in [0, 0.1) is 0 Å². The minimum atomic E-state index is -0.554. The standard InChI is InChI=1S/C14H12ClNO3S/c1-16-8-2-3-10(16)4-7-14(18)19-9-11(17)12-5-6-13(15)20-12/h2-8H,9H2,1H3/b7-4+. The summed E-state index contributed by atoms with van der Waals surface area (Å²) in [6, 6.07) is 6.98. The van der Waals surface area contributed by atoms with Crippen molar-refractivity contribution in [3.05, 3.63) is 51.4 Å². The van der Waals surface area contributed by atoms with Crippen molar-refractivity contribution in [3.8, 4) is 0 Å². The van der Waals surface area contributed by atoms with Crippen LogP contribution in [0.4, 0.5) is 0 Å². The highest BCUT2D eigenvalue weighted by Gasteiger charge is 2.10. The molecule has 0 atom stereocenters. The van der Waals surface area contributed by atoms with Crippen LogP contribution in [0.25, 0.3) is 6.08 Å². The number of aromatic nitrogens is 1. The smallest absolute Gasteiger partial charge is 0.331 e. The molecule has 0 aliphatic heterocycles. The van der Waals surface area contributed by atoms with Gasteiger partial charge in [-0.15, -0.1) is 11.3 Å². The monoisotopic (exact) mass is 309 g/mol. The number of nitrogens with zero attached hydrogens (tertiary/aromatic N) is 1. The molecular formula is C14H12ClNO3S. The van der Waals surface area contributed by atoms with Gasteiger partial charge < -0.3 is 9.30 Å². The van der Waals surface area contributed by atoms with E-state index in [-0.39, 0.29) is 12.4 Å². The van der Waals surface area contributed by atoms with Gasteiger partial charge in [0.05, 0.1) is 9.21 Å². The zero-order chi connectivity index (χ0) is 14.5. The van der Waals surface area contributed by atoms with E-state index in [1.54, 1.807) is 18.2 Å². The van der Waals surface area contributed by atoms with Gasteiger partial charge in [-0.3, -0.25) is 4.79 Å². The van der Waals surface area contributed by atoms with Crippen LogP contribution in [0.15, 0.2) is 36.5 Å². The van der Waals surface area contributed by atoms with Crippen molar-refractivity contribution < 1.29 is 14.3 Å². The summed E-state index contributed by atoms with van der Waals surface area (Å²) in [5.74, 6) is -0.815. The first-order chi connectivity index (χ1) is 9.56. The minimum absolute atomic E-state index is 0.262. The topological polar surface area (TPSA) is 48.3 Å². The fourth-order valence-corrected chi connectivity index (χ4v) is 2.49. The maximum absolute atomic E-state index is 11.7. The summed E-state index contributed by atoms with van der Waals surface area (Å²) >= 11 is 6.90. The molecule has 0 N–H and O–H groups in total. The third-order valence-electron chi connectivity index (χ3n) is 2.57. The molecule has 0 aliphatic carbocycles. The van der Waals surface area contributed by atoms with Crippen molar-refractivity contribution in [2.75, 3.05) is 6.61 Å². The second-order valence-corrected chi connectivity index (χ2v) is 5.73. The van der Waals surface area contributed by atoms with Gasteiger partial charge in [0.1, 0.15) is 0 Å². The van der Waals surface area contributed by atoms with Gasteiger partial charge in [-0.25, -0.2) is 4.79 Å². The van der Waals surface area contributed by atoms with E-state index in [0.29, 0.717) is 9.21 Å². The number of Topliss-reactive ketones (excluding diaryl/α,β-unsaturated/α-hetero) is 1. The first kappa shape index (κ1) is 14.6. The van der Waals surface area contributed by atoms with E-state index >= 15 is 0 Å². The van der Waals surface area contributed by atoms with Crippen LogP contribution >= 0.6 is 22.9 Å². The van der Waals surface area contributed by atoms with E-state index in [0.717, 1.165) is 17.0 Å². The molecule has 4 nitrogen and oxygen atoms in total. The Morgan fingerprint density at radius 1 is 1.40 bits per heavy atom. The number of hydrogen-bond donors (Lipinski definition) is 0. The predicted molar refractivity (Wildman–Crippen MR) is 79.1 cm³/mol. The van der Waals surface area contributed by atoms with Gasteiger partial charge >= 0.3 is 5.97 Å². The molecule has 0 saturated heterocycles. The van der Waals surface area contributed by atoms with Gasteiger partial charge in [-0.2, -0.15) is 0 Å². The zero-order valence-electron chi connectivity index (χ0n) is 10.7. The summed E-state index contributed by atoms with van der Waals surface area (Å²) in [4.78, 5) is 23.7. The van der Waals surface area contributed by atoms with Crippen molar-refractivity contribution in [1.29, 1.82) is 0 Å². The average molecular weight is 310 g/mol. The maximum atomic E-state index is 11.7. The molecule has 2 rings (SSSR count). The van der Waals surface area contributed by atoms with Crippen molar-refractivity contribution in [3.63, 3.8) is 0 Å². The van der Waals surface area contributed by atoms with Gasteiger partial charge in [-0.1, -0.05) is 11.6 Å². The molecule has 6 heteroatoms. The average Bonchev–Trinajstić information content (AvgIpc) is 3.02. The quantitative estimate of drug-likeness (QED) is 0.484. The highest BCUT2D eigenvalue weighted by molar-refractivity contribution is 7.18. The Labute approximate surface area is 125 Å². The molecule has 0 radical (unpaired) electrons. The molecule has 104 valence electrons. The number of ketones is 1. The molecule has 0 amide bonds. The zero-order valence-corrected chi connectivity index (χ0v) is 12.3. The molecule has 0 spiro atoms. The van der Waals surface area contributed by atoms with Crippen molar-refractivity contribution in [1.82, 2.24) is 4.57 Å².